The molecule has 0 saturated heterocycles. The highest BCUT2D eigenvalue weighted by Crippen LogP contribution is 2.20. The first kappa shape index (κ1) is 11.7. The third-order valence-electron chi connectivity index (χ3n) is 2.41. The molecule has 0 atom stereocenters. The van der Waals surface area contributed by atoms with Crippen LogP contribution in [-0.2, 0) is 6.42 Å². The number of benzene rings is 1. The van der Waals surface area contributed by atoms with Crippen molar-refractivity contribution >= 4 is 5.97 Å². The predicted molar refractivity (Wildman–Crippen MR) is 59.9 cm³/mol. The molecule has 0 heterocycles. The summed E-state index contributed by atoms with van der Waals surface area (Å²) in [4.78, 5) is 10.8. The summed E-state index contributed by atoms with van der Waals surface area (Å²) in [6.45, 7) is 4.73. The fraction of sp³-hybridized carbons (Fsp3) is 0.417. The van der Waals surface area contributed by atoms with Crippen molar-refractivity contribution in [2.75, 3.05) is 6.54 Å². The van der Waals surface area contributed by atoms with Gasteiger partial charge >= 0.3 is 5.97 Å². The first-order valence-corrected chi connectivity index (χ1v) is 4.97. The second-order valence-electron chi connectivity index (χ2n) is 4.55. The molecule has 1 aromatic rings. The van der Waals surface area contributed by atoms with E-state index in [1.54, 1.807) is 18.2 Å². The van der Waals surface area contributed by atoms with Gasteiger partial charge in [0.2, 0.25) is 0 Å². The standard InChI is InChI=1S/C12H17NO2/c1-12(2,8-13)7-9-4-3-5-10(6-9)11(14)15/h3-6H,7-8,13H2,1-2H3,(H,14,15). The number of carboxylic acids is 1. The quantitative estimate of drug-likeness (QED) is 0.792. The first-order chi connectivity index (χ1) is 6.94. The number of aromatic carboxylic acids is 1. The molecule has 3 nitrogen and oxygen atoms in total. The van der Waals surface area contributed by atoms with Gasteiger partial charge in [0, 0.05) is 0 Å². The van der Waals surface area contributed by atoms with Crippen LogP contribution in [0.1, 0.15) is 29.8 Å². The Morgan fingerprint density at radius 3 is 2.67 bits per heavy atom. The Labute approximate surface area is 89.9 Å². The van der Waals surface area contributed by atoms with Gasteiger partial charge in [0.1, 0.15) is 0 Å². The van der Waals surface area contributed by atoms with E-state index in [0.29, 0.717) is 12.1 Å². The molecule has 0 bridgehead atoms. The Balaban J connectivity index is 2.87. The Morgan fingerprint density at radius 2 is 2.13 bits per heavy atom. The van der Waals surface area contributed by atoms with Crippen molar-refractivity contribution in [1.82, 2.24) is 0 Å². The topological polar surface area (TPSA) is 63.3 Å². The van der Waals surface area contributed by atoms with Gasteiger partial charge in [-0.25, -0.2) is 4.79 Å². The van der Waals surface area contributed by atoms with Gasteiger partial charge in [-0.05, 0) is 36.1 Å². The summed E-state index contributed by atoms with van der Waals surface area (Å²) in [5, 5.41) is 8.84. The number of nitrogens with two attached hydrogens (primary N) is 1. The van der Waals surface area contributed by atoms with Crippen molar-refractivity contribution in [3.05, 3.63) is 35.4 Å². The van der Waals surface area contributed by atoms with E-state index in [1.807, 2.05) is 6.07 Å². The van der Waals surface area contributed by atoms with E-state index in [4.69, 9.17) is 10.8 Å². The Bertz CT molecular complexity index is 358. The van der Waals surface area contributed by atoms with Crippen LogP contribution in [0.2, 0.25) is 0 Å². The number of carboxylic acid groups (broad SMARTS) is 1. The second kappa shape index (κ2) is 4.45. The van der Waals surface area contributed by atoms with Crippen LogP contribution >= 0.6 is 0 Å². The van der Waals surface area contributed by atoms with E-state index in [2.05, 4.69) is 13.8 Å². The third kappa shape index (κ3) is 3.36. The summed E-state index contributed by atoms with van der Waals surface area (Å²) in [7, 11) is 0. The molecule has 3 N–H and O–H groups in total. The van der Waals surface area contributed by atoms with Crippen LogP contribution in [0.5, 0.6) is 0 Å². The van der Waals surface area contributed by atoms with Crippen LogP contribution in [0.3, 0.4) is 0 Å². The molecule has 0 aliphatic rings. The van der Waals surface area contributed by atoms with E-state index in [9.17, 15) is 4.79 Å². The average Bonchev–Trinajstić information content (AvgIpc) is 2.17. The SMILES string of the molecule is CC(C)(CN)Cc1cccc(C(=O)O)c1. The number of hydrogen-bond donors (Lipinski definition) is 2. The molecular formula is C12H17NO2. The van der Waals surface area contributed by atoms with Crippen molar-refractivity contribution < 1.29 is 9.90 Å². The van der Waals surface area contributed by atoms with Gasteiger partial charge in [0.15, 0.2) is 0 Å². The van der Waals surface area contributed by atoms with E-state index >= 15 is 0 Å². The fourth-order valence-electron chi connectivity index (χ4n) is 1.44. The van der Waals surface area contributed by atoms with Crippen LogP contribution < -0.4 is 5.73 Å². The fourth-order valence-corrected chi connectivity index (χ4v) is 1.44. The largest absolute Gasteiger partial charge is 0.478 e. The van der Waals surface area contributed by atoms with Crippen molar-refractivity contribution in [2.24, 2.45) is 11.1 Å². The summed E-state index contributed by atoms with van der Waals surface area (Å²) < 4.78 is 0. The molecule has 0 unspecified atom stereocenters. The smallest absolute Gasteiger partial charge is 0.335 e. The van der Waals surface area contributed by atoms with Gasteiger partial charge in [0.05, 0.1) is 5.56 Å². The molecule has 3 heteroatoms. The van der Waals surface area contributed by atoms with Crippen LogP contribution in [-0.4, -0.2) is 17.6 Å². The zero-order valence-corrected chi connectivity index (χ0v) is 9.16. The highest BCUT2D eigenvalue weighted by molar-refractivity contribution is 5.87. The molecule has 0 amide bonds. The maximum Gasteiger partial charge on any atom is 0.335 e. The van der Waals surface area contributed by atoms with E-state index in [0.717, 1.165) is 12.0 Å². The second-order valence-corrected chi connectivity index (χ2v) is 4.55. The minimum Gasteiger partial charge on any atom is -0.478 e. The van der Waals surface area contributed by atoms with E-state index in [-0.39, 0.29) is 5.41 Å². The highest BCUT2D eigenvalue weighted by Gasteiger charge is 2.16. The Kier molecular flexibility index (Phi) is 3.48. The number of carbonyl (C=O) groups is 1. The van der Waals surface area contributed by atoms with Gasteiger partial charge in [-0.15, -0.1) is 0 Å². The van der Waals surface area contributed by atoms with Gasteiger partial charge < -0.3 is 10.8 Å². The lowest BCUT2D eigenvalue weighted by Gasteiger charge is -2.22. The number of rotatable bonds is 4. The molecule has 0 aromatic heterocycles. The molecule has 1 aromatic carbocycles. The Hall–Kier alpha value is -1.35. The first-order valence-electron chi connectivity index (χ1n) is 4.97. The third-order valence-corrected chi connectivity index (χ3v) is 2.41. The van der Waals surface area contributed by atoms with Crippen molar-refractivity contribution in [1.29, 1.82) is 0 Å². The molecule has 15 heavy (non-hydrogen) atoms. The maximum atomic E-state index is 10.8. The molecule has 0 aliphatic carbocycles. The summed E-state index contributed by atoms with van der Waals surface area (Å²) in [5.41, 5.74) is 7.00. The molecule has 1 rings (SSSR count). The van der Waals surface area contributed by atoms with Crippen molar-refractivity contribution in [3.63, 3.8) is 0 Å². The summed E-state index contributed by atoms with van der Waals surface area (Å²) in [5.74, 6) is -0.887. The molecule has 0 radical (unpaired) electrons. The van der Waals surface area contributed by atoms with Gasteiger partial charge in [-0.2, -0.15) is 0 Å². The lowest BCUT2D eigenvalue weighted by atomic mass is 9.85. The zero-order chi connectivity index (χ0) is 11.5. The summed E-state index contributed by atoms with van der Waals surface area (Å²) in [6.07, 6.45) is 0.796. The van der Waals surface area contributed by atoms with Crippen LogP contribution in [0.15, 0.2) is 24.3 Å². The van der Waals surface area contributed by atoms with Gasteiger partial charge in [-0.3, -0.25) is 0 Å². The normalized spacial score (nSPS) is 11.4. The van der Waals surface area contributed by atoms with Crippen LogP contribution in [0.4, 0.5) is 0 Å². The van der Waals surface area contributed by atoms with Gasteiger partial charge in [0.25, 0.3) is 0 Å². The minimum absolute atomic E-state index is 0.0110. The number of hydrogen-bond acceptors (Lipinski definition) is 2. The lowest BCUT2D eigenvalue weighted by molar-refractivity contribution is 0.0696. The predicted octanol–water partition coefficient (Wildman–Crippen LogP) is 1.91. The van der Waals surface area contributed by atoms with Crippen molar-refractivity contribution in [2.45, 2.75) is 20.3 Å². The van der Waals surface area contributed by atoms with Crippen LogP contribution in [0, 0.1) is 5.41 Å². The molecule has 0 spiro atoms. The summed E-state index contributed by atoms with van der Waals surface area (Å²) >= 11 is 0. The van der Waals surface area contributed by atoms with E-state index < -0.39 is 5.97 Å². The average molecular weight is 207 g/mol. The van der Waals surface area contributed by atoms with Gasteiger partial charge in [-0.1, -0.05) is 26.0 Å². The van der Waals surface area contributed by atoms with Crippen LogP contribution in [0.25, 0.3) is 0 Å². The van der Waals surface area contributed by atoms with Crippen molar-refractivity contribution in [3.8, 4) is 0 Å². The zero-order valence-electron chi connectivity index (χ0n) is 9.16. The Morgan fingerprint density at radius 1 is 1.47 bits per heavy atom. The molecule has 82 valence electrons. The molecule has 0 aliphatic heterocycles. The minimum atomic E-state index is -0.887. The monoisotopic (exact) mass is 207 g/mol. The highest BCUT2D eigenvalue weighted by atomic mass is 16.4. The van der Waals surface area contributed by atoms with E-state index in [1.165, 1.54) is 0 Å². The molecule has 0 fully saturated rings. The molecule has 0 saturated carbocycles. The summed E-state index contributed by atoms with van der Waals surface area (Å²) in [6, 6.07) is 7.01. The lowest BCUT2D eigenvalue weighted by Crippen LogP contribution is -2.25. The molecular weight excluding hydrogens is 190 g/mol. The maximum absolute atomic E-state index is 10.8.